The number of rotatable bonds is 4. The summed E-state index contributed by atoms with van der Waals surface area (Å²) < 4.78 is 0. The first-order valence-electron chi connectivity index (χ1n) is 10.1. The number of nitrogens with zero attached hydrogens (tertiary/aromatic N) is 1. The predicted molar refractivity (Wildman–Crippen MR) is 120 cm³/mol. The number of hydrogen-bond donors (Lipinski definition) is 3. The van der Waals surface area contributed by atoms with Crippen LogP contribution in [0.5, 0.6) is 0 Å². The lowest BCUT2D eigenvalue weighted by atomic mass is 9.98. The quantitative estimate of drug-likeness (QED) is 0.340. The summed E-state index contributed by atoms with van der Waals surface area (Å²) in [4.78, 5) is 23.8. The fourth-order valence-electron chi connectivity index (χ4n) is 4.10. The topological polar surface area (TPSA) is 96.3 Å². The van der Waals surface area contributed by atoms with Crippen LogP contribution in [0.2, 0.25) is 0 Å². The van der Waals surface area contributed by atoms with Gasteiger partial charge in [-0.25, -0.2) is 0 Å². The van der Waals surface area contributed by atoms with Crippen LogP contribution in [0, 0.1) is 10.1 Å². The number of nitro groups is 1. The van der Waals surface area contributed by atoms with Gasteiger partial charge in [-0.15, -0.1) is 0 Å². The number of anilines is 2. The van der Waals surface area contributed by atoms with Crippen molar-refractivity contribution < 1.29 is 9.72 Å². The lowest BCUT2D eigenvalue weighted by molar-refractivity contribution is -0.384. The van der Waals surface area contributed by atoms with Crippen LogP contribution in [0.25, 0.3) is 11.3 Å². The Balaban J connectivity index is 1.66. The van der Waals surface area contributed by atoms with E-state index in [1.807, 2.05) is 36.4 Å². The van der Waals surface area contributed by atoms with E-state index in [9.17, 15) is 14.9 Å². The van der Waals surface area contributed by atoms with Crippen LogP contribution >= 0.6 is 0 Å². The van der Waals surface area contributed by atoms with Crippen molar-refractivity contribution in [1.29, 1.82) is 0 Å². The molecule has 3 N–H and O–H groups in total. The zero-order chi connectivity index (χ0) is 21.4. The zero-order valence-electron chi connectivity index (χ0n) is 16.6. The third-order valence-electron chi connectivity index (χ3n) is 5.63. The van der Waals surface area contributed by atoms with Gasteiger partial charge in [0.05, 0.1) is 16.2 Å². The molecule has 2 aliphatic rings. The van der Waals surface area contributed by atoms with Crippen LogP contribution in [-0.2, 0) is 17.8 Å². The number of nitrogens with one attached hydrogen (secondary N) is 3. The van der Waals surface area contributed by atoms with Gasteiger partial charge in [-0.3, -0.25) is 14.9 Å². The zero-order valence-corrected chi connectivity index (χ0v) is 16.6. The predicted octanol–water partition coefficient (Wildman–Crippen LogP) is 4.17. The molecule has 0 saturated carbocycles. The Morgan fingerprint density at radius 1 is 1.00 bits per heavy atom. The molecule has 31 heavy (non-hydrogen) atoms. The minimum Gasteiger partial charge on any atom is -0.354 e. The van der Waals surface area contributed by atoms with Crippen molar-refractivity contribution in [1.82, 2.24) is 5.32 Å². The molecular formula is C24H20N4O3. The monoisotopic (exact) mass is 412 g/mol. The molecule has 0 atom stereocenters. The molecule has 0 aliphatic carbocycles. The molecule has 5 rings (SSSR count). The second-order valence-corrected chi connectivity index (χ2v) is 7.59. The average Bonchev–Trinajstić information content (AvgIpc) is 3.12. The Labute approximate surface area is 178 Å². The second-order valence-electron chi connectivity index (χ2n) is 7.59. The van der Waals surface area contributed by atoms with Crippen LogP contribution in [-0.4, -0.2) is 17.4 Å². The molecule has 2 aliphatic heterocycles. The van der Waals surface area contributed by atoms with E-state index in [0.29, 0.717) is 22.5 Å². The number of carbonyl (C=O) groups excluding carboxylic acids is 1. The smallest absolute Gasteiger partial charge is 0.270 e. The molecule has 7 nitrogen and oxygen atoms in total. The normalized spacial score (nSPS) is 16.2. The van der Waals surface area contributed by atoms with Crippen LogP contribution in [0.15, 0.2) is 66.7 Å². The van der Waals surface area contributed by atoms with Crippen molar-refractivity contribution in [3.63, 3.8) is 0 Å². The van der Waals surface area contributed by atoms with Crippen molar-refractivity contribution in [2.24, 2.45) is 0 Å². The fraction of sp³-hybridized carbons (Fsp3) is 0.125. The summed E-state index contributed by atoms with van der Waals surface area (Å²) in [5.41, 5.74) is 6.28. The van der Waals surface area contributed by atoms with Gasteiger partial charge in [-0.2, -0.15) is 0 Å². The maximum atomic E-state index is 13.0. The highest BCUT2D eigenvalue weighted by atomic mass is 16.6. The minimum absolute atomic E-state index is 0.0542. The maximum absolute atomic E-state index is 13.0. The van der Waals surface area contributed by atoms with Crippen LogP contribution < -0.4 is 16.0 Å². The largest absolute Gasteiger partial charge is 0.354 e. The first-order valence-corrected chi connectivity index (χ1v) is 10.1. The summed E-state index contributed by atoms with van der Waals surface area (Å²) in [5, 5.41) is 21.0. The molecular weight excluding hydrogens is 392 g/mol. The molecule has 3 aromatic carbocycles. The molecule has 0 bridgehead atoms. The number of hydrogen-bond acceptors (Lipinski definition) is 5. The van der Waals surface area contributed by atoms with E-state index in [1.54, 1.807) is 6.07 Å². The molecule has 0 fully saturated rings. The van der Waals surface area contributed by atoms with E-state index in [1.165, 1.54) is 23.3 Å². The van der Waals surface area contributed by atoms with E-state index in [-0.39, 0.29) is 11.6 Å². The summed E-state index contributed by atoms with van der Waals surface area (Å²) in [6.07, 6.45) is 0.942. The summed E-state index contributed by atoms with van der Waals surface area (Å²) in [6, 6.07) is 20.2. The van der Waals surface area contributed by atoms with Gasteiger partial charge >= 0.3 is 0 Å². The highest BCUT2D eigenvalue weighted by molar-refractivity contribution is 6.37. The number of carbonyl (C=O) groups is 1. The van der Waals surface area contributed by atoms with Crippen molar-refractivity contribution >= 4 is 34.2 Å². The van der Waals surface area contributed by atoms with Gasteiger partial charge in [0.15, 0.2) is 0 Å². The molecule has 3 aromatic rings. The molecule has 7 heteroatoms. The van der Waals surface area contributed by atoms with Gasteiger partial charge in [0, 0.05) is 35.6 Å². The fourth-order valence-corrected chi connectivity index (χ4v) is 4.10. The first kappa shape index (κ1) is 19.0. The number of benzene rings is 3. The summed E-state index contributed by atoms with van der Waals surface area (Å²) in [6.45, 7) is 1.78. The standard InChI is InChI=1S/C24H20N4O3/c29-24-22(20-13-19(28(30)31)8-9-21(20)27-24)23(15-4-2-1-3-5-15)26-18-7-6-17-14-25-11-10-16(17)12-18/h1-9,12-13,25-26H,10-11,14H2,(H,27,29)/b23-22-. The number of fused-ring (bicyclic) bond motifs is 2. The highest BCUT2D eigenvalue weighted by Crippen LogP contribution is 2.39. The Bertz CT molecular complexity index is 1230. The Morgan fingerprint density at radius 2 is 1.84 bits per heavy atom. The van der Waals surface area contributed by atoms with E-state index >= 15 is 0 Å². The molecule has 0 saturated heterocycles. The third kappa shape index (κ3) is 3.55. The lowest BCUT2D eigenvalue weighted by Gasteiger charge is -2.20. The van der Waals surface area contributed by atoms with Gasteiger partial charge in [0.2, 0.25) is 0 Å². The summed E-state index contributed by atoms with van der Waals surface area (Å²) in [7, 11) is 0. The van der Waals surface area contributed by atoms with Crippen LogP contribution in [0.3, 0.4) is 0 Å². The SMILES string of the molecule is O=C1Nc2ccc([N+](=O)[O-])cc2/C1=C(/Nc1ccc2c(c1)CCNC2)c1ccccc1. The lowest BCUT2D eigenvalue weighted by Crippen LogP contribution is -2.23. The van der Waals surface area contributed by atoms with Gasteiger partial charge in [0.25, 0.3) is 11.6 Å². The minimum atomic E-state index is -0.451. The first-order chi connectivity index (χ1) is 15.1. The molecule has 1 amide bonds. The molecule has 0 unspecified atom stereocenters. The van der Waals surface area contributed by atoms with Gasteiger partial charge < -0.3 is 16.0 Å². The Kier molecular flexibility index (Phi) is 4.72. The summed E-state index contributed by atoms with van der Waals surface area (Å²) in [5.74, 6) is -0.288. The number of non-ortho nitro benzene ring substituents is 1. The van der Waals surface area contributed by atoms with Crippen molar-refractivity contribution in [3.8, 4) is 0 Å². The van der Waals surface area contributed by atoms with Gasteiger partial charge in [-0.1, -0.05) is 36.4 Å². The van der Waals surface area contributed by atoms with Gasteiger partial charge in [-0.05, 0) is 47.9 Å². The average molecular weight is 412 g/mol. The van der Waals surface area contributed by atoms with Gasteiger partial charge in [0.1, 0.15) is 0 Å². The molecule has 154 valence electrons. The van der Waals surface area contributed by atoms with E-state index in [2.05, 4.69) is 28.1 Å². The van der Waals surface area contributed by atoms with E-state index in [0.717, 1.165) is 30.8 Å². The number of nitro benzene ring substituents is 1. The van der Waals surface area contributed by atoms with Crippen LogP contribution in [0.4, 0.5) is 17.1 Å². The van der Waals surface area contributed by atoms with Crippen molar-refractivity contribution in [2.75, 3.05) is 17.2 Å². The van der Waals surface area contributed by atoms with Crippen LogP contribution in [0.1, 0.15) is 22.3 Å². The molecule has 0 radical (unpaired) electrons. The van der Waals surface area contributed by atoms with Crippen molar-refractivity contribution in [2.45, 2.75) is 13.0 Å². The Hall–Kier alpha value is -3.97. The highest BCUT2D eigenvalue weighted by Gasteiger charge is 2.30. The maximum Gasteiger partial charge on any atom is 0.270 e. The second kappa shape index (κ2) is 7.70. The Morgan fingerprint density at radius 3 is 2.65 bits per heavy atom. The molecule has 2 heterocycles. The number of amides is 1. The van der Waals surface area contributed by atoms with E-state index < -0.39 is 4.92 Å². The molecule has 0 spiro atoms. The van der Waals surface area contributed by atoms with Crippen molar-refractivity contribution in [3.05, 3.63) is 99.1 Å². The third-order valence-corrected chi connectivity index (χ3v) is 5.63. The molecule has 0 aromatic heterocycles. The summed E-state index contributed by atoms with van der Waals surface area (Å²) >= 11 is 0. The van der Waals surface area contributed by atoms with E-state index in [4.69, 9.17) is 0 Å².